The number of piperazine rings is 1. The third-order valence-corrected chi connectivity index (χ3v) is 7.89. The van der Waals surface area contributed by atoms with Crippen LogP contribution < -0.4 is 0 Å². The Kier molecular flexibility index (Phi) is 5.96. The van der Waals surface area contributed by atoms with Crippen LogP contribution in [0.3, 0.4) is 0 Å². The summed E-state index contributed by atoms with van der Waals surface area (Å²) in [5.74, 6) is 0.127. The Morgan fingerprint density at radius 2 is 1.74 bits per heavy atom. The zero-order valence-corrected chi connectivity index (χ0v) is 17.8. The average molecular weight is 523 g/mol. The van der Waals surface area contributed by atoms with E-state index in [1.807, 2.05) is 17.0 Å². The first-order valence-electron chi connectivity index (χ1n) is 7.24. The van der Waals surface area contributed by atoms with Crippen LogP contribution >= 0.6 is 59.1 Å². The highest BCUT2D eigenvalue weighted by atomic mass is 79.9. The van der Waals surface area contributed by atoms with Gasteiger partial charge in [-0.1, -0.05) is 34.1 Å². The molecule has 0 spiro atoms. The molecular formula is C16H15Br3N2OS. The molecule has 3 rings (SSSR count). The van der Waals surface area contributed by atoms with Crippen molar-refractivity contribution in [1.82, 2.24) is 9.80 Å². The predicted molar refractivity (Wildman–Crippen MR) is 105 cm³/mol. The number of thiophene rings is 1. The Morgan fingerprint density at radius 3 is 2.35 bits per heavy atom. The summed E-state index contributed by atoms with van der Waals surface area (Å²) < 4.78 is 3.05. The molecule has 0 unspecified atom stereocenters. The largest absolute Gasteiger partial charge is 0.335 e. The molecule has 0 N–H and O–H groups in total. The van der Waals surface area contributed by atoms with Gasteiger partial charge in [-0.05, 0) is 49.6 Å². The molecule has 23 heavy (non-hydrogen) atoms. The summed E-state index contributed by atoms with van der Waals surface area (Å²) in [4.78, 5) is 17.7. The summed E-state index contributed by atoms with van der Waals surface area (Å²) in [7, 11) is 0. The molecule has 0 aliphatic carbocycles. The highest BCUT2D eigenvalue weighted by molar-refractivity contribution is 9.13. The average Bonchev–Trinajstić information content (AvgIpc) is 2.89. The van der Waals surface area contributed by atoms with Gasteiger partial charge in [0, 0.05) is 41.7 Å². The van der Waals surface area contributed by atoms with Crippen LogP contribution in [0.25, 0.3) is 0 Å². The minimum atomic E-state index is 0.127. The van der Waals surface area contributed by atoms with Crippen LogP contribution in [-0.4, -0.2) is 41.9 Å². The van der Waals surface area contributed by atoms with Gasteiger partial charge in [0.15, 0.2) is 0 Å². The second kappa shape index (κ2) is 7.78. The first-order valence-corrected chi connectivity index (χ1v) is 10.4. The second-order valence-corrected chi connectivity index (χ2v) is 9.47. The molecule has 0 saturated carbocycles. The van der Waals surface area contributed by atoms with Crippen LogP contribution in [0.2, 0.25) is 0 Å². The zero-order chi connectivity index (χ0) is 16.4. The van der Waals surface area contributed by atoms with Crippen molar-refractivity contribution in [2.24, 2.45) is 0 Å². The van der Waals surface area contributed by atoms with E-state index in [0.717, 1.165) is 50.3 Å². The number of amides is 1. The number of nitrogens with zero attached hydrogens (tertiary/aromatic N) is 2. The van der Waals surface area contributed by atoms with Crippen molar-refractivity contribution in [3.05, 3.63) is 53.5 Å². The summed E-state index contributed by atoms with van der Waals surface area (Å²) in [5.41, 5.74) is 1.29. The van der Waals surface area contributed by atoms with Crippen LogP contribution in [-0.2, 0) is 6.54 Å². The second-order valence-electron chi connectivity index (χ2n) is 5.39. The summed E-state index contributed by atoms with van der Waals surface area (Å²) in [6, 6.07) is 10.2. The third-order valence-electron chi connectivity index (χ3n) is 3.87. The third kappa shape index (κ3) is 4.25. The number of halogens is 3. The van der Waals surface area contributed by atoms with Crippen LogP contribution in [0.1, 0.15) is 15.2 Å². The van der Waals surface area contributed by atoms with Crippen molar-refractivity contribution in [2.45, 2.75) is 6.54 Å². The van der Waals surface area contributed by atoms with Crippen LogP contribution in [0, 0.1) is 0 Å². The standard InChI is InChI=1S/C16H15Br3N2OS/c17-12-4-2-1-3-11(12)10-20-5-7-21(8-6-20)16(22)14-9-13(18)15(19)23-14/h1-4,9H,5-8,10H2. The number of hydrogen-bond acceptors (Lipinski definition) is 3. The maximum atomic E-state index is 12.6. The fourth-order valence-electron chi connectivity index (χ4n) is 2.58. The first-order chi connectivity index (χ1) is 11.0. The molecule has 1 aromatic carbocycles. The highest BCUT2D eigenvalue weighted by Crippen LogP contribution is 2.33. The minimum Gasteiger partial charge on any atom is -0.335 e. The SMILES string of the molecule is O=C(c1cc(Br)c(Br)s1)N1CCN(Cc2ccccc2Br)CC1. The number of carbonyl (C=O) groups is 1. The van der Waals surface area contributed by atoms with Gasteiger partial charge in [-0.25, -0.2) is 0 Å². The lowest BCUT2D eigenvalue weighted by molar-refractivity contribution is 0.0633. The van der Waals surface area contributed by atoms with Gasteiger partial charge in [-0.2, -0.15) is 0 Å². The van der Waals surface area contributed by atoms with Crippen molar-refractivity contribution in [3.63, 3.8) is 0 Å². The molecule has 7 heteroatoms. The van der Waals surface area contributed by atoms with E-state index in [4.69, 9.17) is 0 Å². The van der Waals surface area contributed by atoms with Crippen molar-refractivity contribution >= 4 is 65.0 Å². The lowest BCUT2D eigenvalue weighted by Crippen LogP contribution is -2.48. The van der Waals surface area contributed by atoms with Gasteiger partial charge in [0.25, 0.3) is 5.91 Å². The van der Waals surface area contributed by atoms with Crippen molar-refractivity contribution in [3.8, 4) is 0 Å². The van der Waals surface area contributed by atoms with Crippen LogP contribution in [0.5, 0.6) is 0 Å². The van der Waals surface area contributed by atoms with E-state index in [9.17, 15) is 4.79 Å². The fraction of sp³-hybridized carbons (Fsp3) is 0.312. The molecule has 0 radical (unpaired) electrons. The van der Waals surface area contributed by atoms with Gasteiger partial charge in [0.1, 0.15) is 0 Å². The summed E-state index contributed by atoms with van der Waals surface area (Å²) >= 11 is 12.0. The molecule has 1 amide bonds. The Labute approximate surface area is 165 Å². The number of hydrogen-bond donors (Lipinski definition) is 0. The van der Waals surface area contributed by atoms with E-state index in [-0.39, 0.29) is 5.91 Å². The summed E-state index contributed by atoms with van der Waals surface area (Å²) in [5, 5.41) is 0. The summed E-state index contributed by atoms with van der Waals surface area (Å²) in [6.07, 6.45) is 0. The molecule has 1 aliphatic heterocycles. The first kappa shape index (κ1) is 17.6. The topological polar surface area (TPSA) is 23.6 Å². The normalized spacial score (nSPS) is 15.9. The maximum absolute atomic E-state index is 12.6. The van der Waals surface area contributed by atoms with Crippen molar-refractivity contribution < 1.29 is 4.79 Å². The Hall–Kier alpha value is -0.210. The minimum absolute atomic E-state index is 0.127. The molecule has 122 valence electrons. The maximum Gasteiger partial charge on any atom is 0.264 e. The molecule has 1 aliphatic rings. The molecule has 2 aromatic rings. The quantitative estimate of drug-likeness (QED) is 0.567. The fourth-order valence-corrected chi connectivity index (χ4v) is 5.00. The van der Waals surface area contributed by atoms with Gasteiger partial charge in [-0.3, -0.25) is 9.69 Å². The van der Waals surface area contributed by atoms with E-state index in [1.54, 1.807) is 0 Å². The van der Waals surface area contributed by atoms with Gasteiger partial charge >= 0.3 is 0 Å². The van der Waals surface area contributed by atoms with Crippen LogP contribution in [0.4, 0.5) is 0 Å². The zero-order valence-electron chi connectivity index (χ0n) is 12.3. The lowest BCUT2D eigenvalue weighted by Gasteiger charge is -2.34. The monoisotopic (exact) mass is 520 g/mol. The molecule has 1 fully saturated rings. The van der Waals surface area contributed by atoms with E-state index in [1.165, 1.54) is 16.9 Å². The predicted octanol–water partition coefficient (Wildman–Crippen LogP) is 4.99. The smallest absolute Gasteiger partial charge is 0.264 e. The van der Waals surface area contributed by atoms with Crippen LogP contribution in [0.15, 0.2) is 43.1 Å². The molecule has 3 nitrogen and oxygen atoms in total. The summed E-state index contributed by atoms with van der Waals surface area (Å²) in [6.45, 7) is 4.27. The Balaban J connectivity index is 1.58. The van der Waals surface area contributed by atoms with Gasteiger partial charge < -0.3 is 4.90 Å². The van der Waals surface area contributed by atoms with E-state index in [2.05, 4.69) is 70.9 Å². The van der Waals surface area contributed by atoms with E-state index in [0.29, 0.717) is 0 Å². The number of rotatable bonds is 3. The molecule has 0 atom stereocenters. The highest BCUT2D eigenvalue weighted by Gasteiger charge is 2.24. The van der Waals surface area contributed by atoms with Gasteiger partial charge in [0.05, 0.1) is 8.66 Å². The molecule has 1 saturated heterocycles. The van der Waals surface area contributed by atoms with Gasteiger partial charge in [-0.15, -0.1) is 11.3 Å². The van der Waals surface area contributed by atoms with Crippen molar-refractivity contribution in [2.75, 3.05) is 26.2 Å². The molecular weight excluding hydrogens is 508 g/mol. The number of benzene rings is 1. The molecule has 2 heterocycles. The molecule has 0 bridgehead atoms. The lowest BCUT2D eigenvalue weighted by atomic mass is 10.2. The van der Waals surface area contributed by atoms with Gasteiger partial charge in [0.2, 0.25) is 0 Å². The van der Waals surface area contributed by atoms with E-state index >= 15 is 0 Å². The van der Waals surface area contributed by atoms with E-state index < -0.39 is 0 Å². The Bertz CT molecular complexity index is 692. The Morgan fingerprint density at radius 1 is 1.04 bits per heavy atom. The number of carbonyl (C=O) groups excluding carboxylic acids is 1. The van der Waals surface area contributed by atoms with Crippen molar-refractivity contribution in [1.29, 1.82) is 0 Å². The molecule has 1 aromatic heterocycles.